The maximum Gasteiger partial charge on any atom is 0.389 e. The third-order valence-corrected chi connectivity index (χ3v) is 2.69. The van der Waals surface area contributed by atoms with Gasteiger partial charge in [-0.3, -0.25) is 4.79 Å². The third-order valence-electron chi connectivity index (χ3n) is 2.69. The molecule has 0 aromatic heterocycles. The van der Waals surface area contributed by atoms with Crippen LogP contribution < -0.4 is 11.1 Å². The van der Waals surface area contributed by atoms with Gasteiger partial charge in [-0.1, -0.05) is 19.1 Å². The number of carbonyl (C=O) groups is 1. The summed E-state index contributed by atoms with van der Waals surface area (Å²) in [6.07, 6.45) is -5.14. The number of hydrogen-bond acceptors (Lipinski definition) is 2. The number of amides is 1. The van der Waals surface area contributed by atoms with Crippen LogP contribution in [0.3, 0.4) is 0 Å². The van der Waals surface area contributed by atoms with Gasteiger partial charge in [-0.15, -0.1) is 12.4 Å². The summed E-state index contributed by atoms with van der Waals surface area (Å²) in [6, 6.07) is 6.41. The van der Waals surface area contributed by atoms with Crippen LogP contribution in [0.5, 0.6) is 0 Å². The molecule has 1 rings (SSSR count). The second kappa shape index (κ2) is 8.11. The highest BCUT2D eigenvalue weighted by atomic mass is 35.5. The van der Waals surface area contributed by atoms with Crippen molar-refractivity contribution in [2.24, 2.45) is 11.7 Å². The molecule has 1 amide bonds. The molecule has 1 unspecified atom stereocenters. The zero-order valence-electron chi connectivity index (χ0n) is 11.0. The van der Waals surface area contributed by atoms with Crippen molar-refractivity contribution in [3.63, 3.8) is 0 Å². The topological polar surface area (TPSA) is 55.1 Å². The highest BCUT2D eigenvalue weighted by Crippen LogP contribution is 2.23. The first-order valence-corrected chi connectivity index (χ1v) is 5.98. The van der Waals surface area contributed by atoms with Crippen LogP contribution in [0.1, 0.15) is 18.9 Å². The number of hydrogen-bond donors (Lipinski definition) is 2. The van der Waals surface area contributed by atoms with E-state index in [0.717, 1.165) is 0 Å². The molecular formula is C13H18ClF3N2O. The summed E-state index contributed by atoms with van der Waals surface area (Å²) in [5, 5.41) is 2.63. The second-order valence-corrected chi connectivity index (χ2v) is 4.44. The zero-order chi connectivity index (χ0) is 14.5. The van der Waals surface area contributed by atoms with E-state index in [0.29, 0.717) is 11.3 Å². The summed E-state index contributed by atoms with van der Waals surface area (Å²) in [5.41, 5.74) is 6.39. The maximum atomic E-state index is 12.1. The minimum Gasteiger partial charge on any atom is -0.330 e. The SMILES string of the molecule is CC(CN)C(=O)Nc1cccc(CCC(F)(F)F)c1.Cl. The number of nitrogens with one attached hydrogen (secondary N) is 1. The molecule has 0 saturated carbocycles. The lowest BCUT2D eigenvalue weighted by Gasteiger charge is -2.11. The molecule has 20 heavy (non-hydrogen) atoms. The van der Waals surface area contributed by atoms with Gasteiger partial charge in [-0.2, -0.15) is 13.2 Å². The van der Waals surface area contributed by atoms with Gasteiger partial charge in [0.15, 0.2) is 0 Å². The van der Waals surface area contributed by atoms with Gasteiger partial charge in [0.2, 0.25) is 5.91 Å². The normalized spacial score (nSPS) is 12.4. The highest BCUT2D eigenvalue weighted by Gasteiger charge is 2.26. The van der Waals surface area contributed by atoms with Crippen LogP contribution in [-0.4, -0.2) is 18.6 Å². The Labute approximate surface area is 122 Å². The summed E-state index contributed by atoms with van der Waals surface area (Å²) in [5.74, 6) is -0.575. The molecule has 0 fully saturated rings. The summed E-state index contributed by atoms with van der Waals surface area (Å²) < 4.78 is 36.4. The number of rotatable bonds is 5. The first-order chi connectivity index (χ1) is 8.81. The van der Waals surface area contributed by atoms with E-state index in [2.05, 4.69) is 5.32 Å². The van der Waals surface area contributed by atoms with E-state index in [-0.39, 0.29) is 37.2 Å². The molecule has 1 aromatic carbocycles. The molecule has 0 aliphatic heterocycles. The lowest BCUT2D eigenvalue weighted by atomic mass is 10.1. The number of nitrogens with two attached hydrogens (primary N) is 1. The monoisotopic (exact) mass is 310 g/mol. The minimum atomic E-state index is -4.17. The van der Waals surface area contributed by atoms with Gasteiger partial charge in [0.25, 0.3) is 0 Å². The fourth-order valence-electron chi connectivity index (χ4n) is 1.46. The molecule has 1 aromatic rings. The van der Waals surface area contributed by atoms with Crippen LogP contribution in [0.15, 0.2) is 24.3 Å². The van der Waals surface area contributed by atoms with Crippen LogP contribution in [0.2, 0.25) is 0 Å². The van der Waals surface area contributed by atoms with Gasteiger partial charge in [0, 0.05) is 24.6 Å². The molecule has 7 heteroatoms. The predicted molar refractivity (Wildman–Crippen MR) is 74.9 cm³/mol. The van der Waals surface area contributed by atoms with E-state index in [1.54, 1.807) is 31.2 Å². The van der Waals surface area contributed by atoms with Crippen molar-refractivity contribution in [1.82, 2.24) is 0 Å². The van der Waals surface area contributed by atoms with E-state index >= 15 is 0 Å². The summed E-state index contributed by atoms with van der Waals surface area (Å²) in [6.45, 7) is 1.91. The molecule has 0 aliphatic carbocycles. The number of aryl methyl sites for hydroxylation is 1. The smallest absolute Gasteiger partial charge is 0.330 e. The second-order valence-electron chi connectivity index (χ2n) is 4.44. The van der Waals surface area contributed by atoms with Gasteiger partial charge in [0.1, 0.15) is 0 Å². The molecule has 3 nitrogen and oxygen atoms in total. The van der Waals surface area contributed by atoms with Crippen molar-refractivity contribution in [3.8, 4) is 0 Å². The van der Waals surface area contributed by atoms with Gasteiger partial charge < -0.3 is 11.1 Å². The van der Waals surface area contributed by atoms with Crippen LogP contribution in [0, 0.1) is 5.92 Å². The van der Waals surface area contributed by atoms with E-state index < -0.39 is 12.6 Å². The molecule has 0 radical (unpaired) electrons. The Morgan fingerprint density at radius 2 is 2.05 bits per heavy atom. The van der Waals surface area contributed by atoms with Crippen LogP contribution in [0.25, 0.3) is 0 Å². The Morgan fingerprint density at radius 1 is 1.40 bits per heavy atom. The standard InChI is InChI=1S/C13H17F3N2O.ClH/c1-9(8-17)12(19)18-11-4-2-3-10(7-11)5-6-13(14,15)16;/h2-4,7,9H,5-6,8,17H2,1H3,(H,18,19);1H. The lowest BCUT2D eigenvalue weighted by Crippen LogP contribution is -2.26. The lowest BCUT2D eigenvalue weighted by molar-refractivity contribution is -0.134. The third kappa shape index (κ3) is 6.77. The molecule has 0 spiro atoms. The number of benzene rings is 1. The number of carbonyl (C=O) groups excluding carboxylic acids is 1. The Kier molecular flexibility index (Phi) is 7.60. The molecular weight excluding hydrogens is 293 g/mol. The molecule has 1 atom stereocenters. The molecule has 3 N–H and O–H groups in total. The van der Waals surface area contributed by atoms with Crippen LogP contribution in [-0.2, 0) is 11.2 Å². The number of halogens is 4. The van der Waals surface area contributed by atoms with Crippen molar-refractivity contribution < 1.29 is 18.0 Å². The minimum absolute atomic E-state index is 0. The van der Waals surface area contributed by atoms with Crippen LogP contribution in [0.4, 0.5) is 18.9 Å². The average molecular weight is 311 g/mol. The maximum absolute atomic E-state index is 12.1. The van der Waals surface area contributed by atoms with Crippen molar-refractivity contribution >= 4 is 24.0 Å². The molecule has 0 heterocycles. The Morgan fingerprint density at radius 3 is 2.60 bits per heavy atom. The summed E-state index contributed by atoms with van der Waals surface area (Å²) in [4.78, 5) is 11.6. The van der Waals surface area contributed by atoms with Gasteiger partial charge >= 0.3 is 6.18 Å². The molecule has 114 valence electrons. The van der Waals surface area contributed by atoms with E-state index in [9.17, 15) is 18.0 Å². The van der Waals surface area contributed by atoms with E-state index in [1.807, 2.05) is 0 Å². The van der Waals surface area contributed by atoms with Crippen molar-refractivity contribution in [3.05, 3.63) is 29.8 Å². The number of anilines is 1. The first-order valence-electron chi connectivity index (χ1n) is 5.98. The summed E-state index contributed by atoms with van der Waals surface area (Å²) in [7, 11) is 0. The Hall–Kier alpha value is -1.27. The predicted octanol–water partition coefficient (Wildman–Crippen LogP) is 3.14. The van der Waals surface area contributed by atoms with Gasteiger partial charge in [-0.05, 0) is 24.1 Å². The highest BCUT2D eigenvalue weighted by molar-refractivity contribution is 5.92. The zero-order valence-corrected chi connectivity index (χ0v) is 11.9. The first kappa shape index (κ1) is 18.7. The Balaban J connectivity index is 0.00000361. The molecule has 0 bridgehead atoms. The fraction of sp³-hybridized carbons (Fsp3) is 0.462. The van der Waals surface area contributed by atoms with Crippen molar-refractivity contribution in [1.29, 1.82) is 0 Å². The van der Waals surface area contributed by atoms with Crippen LogP contribution >= 0.6 is 12.4 Å². The quantitative estimate of drug-likeness (QED) is 0.878. The summed E-state index contributed by atoms with van der Waals surface area (Å²) >= 11 is 0. The van der Waals surface area contributed by atoms with Gasteiger partial charge in [0.05, 0.1) is 0 Å². The van der Waals surface area contributed by atoms with E-state index in [1.165, 1.54) is 0 Å². The molecule has 0 aliphatic rings. The Bertz CT molecular complexity index is 438. The fourth-order valence-corrected chi connectivity index (χ4v) is 1.46. The van der Waals surface area contributed by atoms with Crippen molar-refractivity contribution in [2.75, 3.05) is 11.9 Å². The number of alkyl halides is 3. The van der Waals surface area contributed by atoms with E-state index in [4.69, 9.17) is 5.73 Å². The largest absolute Gasteiger partial charge is 0.389 e. The molecule has 0 saturated heterocycles. The average Bonchev–Trinajstić information content (AvgIpc) is 2.35. The van der Waals surface area contributed by atoms with Crippen molar-refractivity contribution in [2.45, 2.75) is 25.9 Å². The van der Waals surface area contributed by atoms with Gasteiger partial charge in [-0.25, -0.2) is 0 Å².